The van der Waals surface area contributed by atoms with Gasteiger partial charge in [0.25, 0.3) is 0 Å². The molecule has 0 amide bonds. The van der Waals surface area contributed by atoms with Gasteiger partial charge in [-0.1, -0.05) is 11.6 Å². The molecule has 2 N–H and O–H groups in total. The molecule has 3 rings (SSSR count). The van der Waals surface area contributed by atoms with Gasteiger partial charge in [0.15, 0.2) is 5.96 Å². The smallest absolute Gasteiger partial charge is 0.191 e. The molecule has 2 aromatic rings. The maximum absolute atomic E-state index is 13.9. The Balaban J connectivity index is 1.75. The highest BCUT2D eigenvalue weighted by Gasteiger charge is 2.37. The Morgan fingerprint density at radius 1 is 1.17 bits per heavy atom. The van der Waals surface area contributed by atoms with Crippen LogP contribution < -0.4 is 15.4 Å². The lowest BCUT2D eigenvalue weighted by molar-refractivity contribution is 0.0505. The monoisotopic (exact) mass is 437 g/mol. The van der Waals surface area contributed by atoms with E-state index in [2.05, 4.69) is 15.6 Å². The van der Waals surface area contributed by atoms with Gasteiger partial charge in [0, 0.05) is 54.9 Å². The highest BCUT2D eigenvalue weighted by atomic mass is 35.5. The first kappa shape index (κ1) is 22.3. The number of halogens is 3. The van der Waals surface area contributed by atoms with E-state index in [1.807, 2.05) is 12.1 Å². The molecule has 1 aliphatic heterocycles. The number of ether oxygens (including phenoxy) is 2. The summed E-state index contributed by atoms with van der Waals surface area (Å²) in [5.41, 5.74) is 0.978. The molecular formula is C22H26ClF2N3O2. The summed E-state index contributed by atoms with van der Waals surface area (Å²) in [6, 6.07) is 9.00. The van der Waals surface area contributed by atoms with E-state index in [-0.39, 0.29) is 17.5 Å². The minimum atomic E-state index is -0.481. The van der Waals surface area contributed by atoms with Crippen molar-refractivity contribution in [3.63, 3.8) is 0 Å². The van der Waals surface area contributed by atoms with Gasteiger partial charge in [-0.25, -0.2) is 8.78 Å². The topological polar surface area (TPSA) is 54.9 Å². The minimum absolute atomic E-state index is 0.111. The fourth-order valence-electron chi connectivity index (χ4n) is 3.73. The zero-order valence-corrected chi connectivity index (χ0v) is 17.9. The first-order valence-electron chi connectivity index (χ1n) is 9.77. The van der Waals surface area contributed by atoms with E-state index in [1.165, 1.54) is 6.07 Å². The first-order chi connectivity index (χ1) is 14.5. The van der Waals surface area contributed by atoms with Crippen LogP contribution in [0.1, 0.15) is 24.0 Å². The normalized spacial score (nSPS) is 16.2. The average Bonchev–Trinajstić information content (AvgIpc) is 2.76. The van der Waals surface area contributed by atoms with E-state index in [0.717, 1.165) is 36.3 Å². The lowest BCUT2D eigenvalue weighted by atomic mass is 9.73. The Kier molecular flexibility index (Phi) is 7.50. The molecule has 2 aromatic carbocycles. The minimum Gasteiger partial charge on any atom is -0.496 e. The van der Waals surface area contributed by atoms with Gasteiger partial charge in [-0.05, 0) is 49.2 Å². The maximum Gasteiger partial charge on any atom is 0.191 e. The predicted molar refractivity (Wildman–Crippen MR) is 114 cm³/mol. The third kappa shape index (κ3) is 5.21. The molecule has 0 aromatic heterocycles. The van der Waals surface area contributed by atoms with Crippen LogP contribution >= 0.6 is 11.6 Å². The first-order valence-corrected chi connectivity index (χ1v) is 10.2. The third-order valence-corrected chi connectivity index (χ3v) is 5.69. The Hall–Kier alpha value is -2.38. The lowest BCUT2D eigenvalue weighted by Gasteiger charge is -2.39. The zero-order valence-electron chi connectivity index (χ0n) is 17.1. The summed E-state index contributed by atoms with van der Waals surface area (Å²) >= 11 is 6.28. The summed E-state index contributed by atoms with van der Waals surface area (Å²) in [4.78, 5) is 4.21. The van der Waals surface area contributed by atoms with Gasteiger partial charge in [-0.3, -0.25) is 4.99 Å². The van der Waals surface area contributed by atoms with Crippen molar-refractivity contribution >= 4 is 17.6 Å². The van der Waals surface area contributed by atoms with Crippen molar-refractivity contribution in [1.29, 1.82) is 0 Å². The SMILES string of the molecule is CN=C(NCc1cc(F)ccc1F)NCC1(c2cc(Cl)ccc2OC)CCOCC1. The van der Waals surface area contributed by atoms with E-state index >= 15 is 0 Å². The molecule has 0 aliphatic carbocycles. The average molecular weight is 438 g/mol. The molecule has 1 fully saturated rings. The highest BCUT2D eigenvalue weighted by molar-refractivity contribution is 6.30. The van der Waals surface area contributed by atoms with Crippen molar-refractivity contribution in [2.24, 2.45) is 4.99 Å². The third-order valence-electron chi connectivity index (χ3n) is 5.45. The number of nitrogens with one attached hydrogen (secondary N) is 2. The van der Waals surface area contributed by atoms with Gasteiger partial charge in [0.2, 0.25) is 0 Å². The number of rotatable bonds is 6. The van der Waals surface area contributed by atoms with Crippen molar-refractivity contribution in [1.82, 2.24) is 10.6 Å². The van der Waals surface area contributed by atoms with Gasteiger partial charge in [-0.15, -0.1) is 0 Å². The molecule has 1 saturated heterocycles. The van der Waals surface area contributed by atoms with Gasteiger partial charge in [0.05, 0.1) is 7.11 Å². The van der Waals surface area contributed by atoms with Crippen molar-refractivity contribution < 1.29 is 18.3 Å². The molecular weight excluding hydrogens is 412 g/mol. The molecule has 0 bridgehead atoms. The number of benzene rings is 2. The molecule has 0 radical (unpaired) electrons. The van der Waals surface area contributed by atoms with Crippen LogP contribution in [0.5, 0.6) is 5.75 Å². The van der Waals surface area contributed by atoms with Crippen LogP contribution in [0.25, 0.3) is 0 Å². The second-order valence-corrected chi connectivity index (χ2v) is 7.69. The van der Waals surface area contributed by atoms with Crippen molar-refractivity contribution in [2.45, 2.75) is 24.8 Å². The molecule has 162 valence electrons. The number of nitrogens with zero attached hydrogens (tertiary/aromatic N) is 1. The van der Waals surface area contributed by atoms with Crippen molar-refractivity contribution in [3.05, 3.63) is 64.2 Å². The summed E-state index contributed by atoms with van der Waals surface area (Å²) < 4.78 is 38.5. The fraction of sp³-hybridized carbons (Fsp3) is 0.409. The molecule has 1 aliphatic rings. The van der Waals surface area contributed by atoms with Gasteiger partial charge in [-0.2, -0.15) is 0 Å². The molecule has 0 saturated carbocycles. The highest BCUT2D eigenvalue weighted by Crippen LogP contribution is 2.40. The Morgan fingerprint density at radius 2 is 1.93 bits per heavy atom. The second kappa shape index (κ2) is 10.1. The Morgan fingerprint density at radius 3 is 2.63 bits per heavy atom. The van der Waals surface area contributed by atoms with Gasteiger partial charge < -0.3 is 20.1 Å². The number of aliphatic imine (C=N–C) groups is 1. The number of hydrogen-bond donors (Lipinski definition) is 2. The molecule has 1 heterocycles. The molecule has 0 atom stereocenters. The van der Waals surface area contributed by atoms with E-state index in [0.29, 0.717) is 30.7 Å². The summed E-state index contributed by atoms with van der Waals surface area (Å²) in [5.74, 6) is 0.313. The van der Waals surface area contributed by atoms with Gasteiger partial charge in [0.1, 0.15) is 17.4 Å². The van der Waals surface area contributed by atoms with Crippen LogP contribution in [0.4, 0.5) is 8.78 Å². The van der Waals surface area contributed by atoms with E-state index in [1.54, 1.807) is 20.2 Å². The van der Waals surface area contributed by atoms with Crippen LogP contribution in [-0.4, -0.2) is 39.9 Å². The molecule has 5 nitrogen and oxygen atoms in total. The van der Waals surface area contributed by atoms with Crippen LogP contribution in [0, 0.1) is 11.6 Å². The van der Waals surface area contributed by atoms with E-state index in [4.69, 9.17) is 21.1 Å². The molecule has 30 heavy (non-hydrogen) atoms. The summed E-state index contributed by atoms with van der Waals surface area (Å²) in [6.45, 7) is 1.91. The van der Waals surface area contributed by atoms with Crippen LogP contribution in [-0.2, 0) is 16.7 Å². The quantitative estimate of drug-likeness (QED) is 0.529. The standard InChI is InChI=1S/C22H26ClF2N3O2/c1-26-21(27-13-15-11-17(24)4-5-19(15)25)28-14-22(7-9-30-10-8-22)18-12-16(23)3-6-20(18)29-2/h3-6,11-12H,7-10,13-14H2,1-2H3,(H2,26,27,28). The van der Waals surface area contributed by atoms with Crippen LogP contribution in [0.2, 0.25) is 5.02 Å². The molecule has 0 spiro atoms. The zero-order chi connectivity index (χ0) is 21.6. The number of guanidine groups is 1. The maximum atomic E-state index is 13.9. The van der Waals surface area contributed by atoms with Crippen LogP contribution in [0.15, 0.2) is 41.4 Å². The van der Waals surface area contributed by atoms with E-state index < -0.39 is 11.6 Å². The Bertz CT molecular complexity index is 902. The summed E-state index contributed by atoms with van der Waals surface area (Å²) in [5, 5.41) is 7.01. The molecule has 0 unspecified atom stereocenters. The van der Waals surface area contributed by atoms with Gasteiger partial charge >= 0.3 is 0 Å². The van der Waals surface area contributed by atoms with E-state index in [9.17, 15) is 8.78 Å². The molecule has 8 heteroatoms. The lowest BCUT2D eigenvalue weighted by Crippen LogP contribution is -2.48. The number of hydrogen-bond acceptors (Lipinski definition) is 3. The van der Waals surface area contributed by atoms with Crippen molar-refractivity contribution in [3.8, 4) is 5.75 Å². The second-order valence-electron chi connectivity index (χ2n) is 7.25. The summed E-state index contributed by atoms with van der Waals surface area (Å²) in [6.07, 6.45) is 1.57. The van der Waals surface area contributed by atoms with Crippen molar-refractivity contribution in [2.75, 3.05) is 33.9 Å². The Labute approximate surface area is 180 Å². The summed E-state index contributed by atoms with van der Waals surface area (Å²) in [7, 11) is 3.27. The number of methoxy groups -OCH3 is 1. The largest absolute Gasteiger partial charge is 0.496 e. The van der Waals surface area contributed by atoms with Crippen LogP contribution in [0.3, 0.4) is 0 Å². The predicted octanol–water partition coefficient (Wildman–Crippen LogP) is 4.04. The fourth-order valence-corrected chi connectivity index (χ4v) is 3.90.